The van der Waals surface area contributed by atoms with Gasteiger partial charge in [0.25, 0.3) is 6.71 Å². The Morgan fingerprint density at radius 1 is 0.525 bits per heavy atom. The summed E-state index contributed by atoms with van der Waals surface area (Å²) in [6.45, 7) is 25.4. The molecule has 7 aromatic rings. The third-order valence-electron chi connectivity index (χ3n) is 13.3. The van der Waals surface area contributed by atoms with Crippen LogP contribution in [0.2, 0.25) is 0 Å². The highest BCUT2D eigenvalue weighted by Gasteiger charge is 2.48. The number of aryl methyl sites for hydroxylation is 2. The highest BCUT2D eigenvalue weighted by Crippen LogP contribution is 2.55. The van der Waals surface area contributed by atoms with E-state index in [1.807, 2.05) is 22.7 Å². The van der Waals surface area contributed by atoms with Crippen LogP contribution in [0.5, 0.6) is 23.0 Å². The molecule has 0 saturated heterocycles. The molecule has 0 bridgehead atoms. The number of ether oxygens (including phenoxy) is 4. The minimum Gasteiger partial charge on any atom is -0.490 e. The lowest BCUT2D eigenvalue weighted by Crippen LogP contribution is -2.60. The lowest BCUT2D eigenvalue weighted by Gasteiger charge is -2.43. The molecule has 4 aliphatic heterocycles. The van der Waals surface area contributed by atoms with Crippen LogP contribution >= 0.6 is 22.7 Å². The summed E-state index contributed by atoms with van der Waals surface area (Å²) in [5, 5.41) is 5.21. The normalized spacial score (nSPS) is 15.7. The van der Waals surface area contributed by atoms with Gasteiger partial charge in [-0.25, -0.2) is 0 Å². The van der Waals surface area contributed by atoms with Crippen LogP contribution in [0.15, 0.2) is 66.7 Å². The van der Waals surface area contributed by atoms with Crippen LogP contribution in [-0.4, -0.2) is 33.1 Å². The van der Waals surface area contributed by atoms with Crippen molar-refractivity contribution in [3.63, 3.8) is 0 Å². The van der Waals surface area contributed by atoms with Crippen molar-refractivity contribution >= 4 is 98.7 Å². The lowest BCUT2D eigenvalue weighted by atomic mass is 9.33. The molecule has 0 spiro atoms. The fraction of sp³-hybridized carbons (Fsp3) is 0.346. The SMILES string of the molecule is Cc1cc2c(c(C)c1N1c3cccc4c3B(c3c1sc1ccc(C(C)(C)C)cc31)c1c(sc3ccc(C(C)(C)C)cc13)N4c1c(C)cc3c(c1C)OCCCO3)OCCCO2. The maximum atomic E-state index is 6.53. The molecule has 11 rings (SSSR count). The second-order valence-electron chi connectivity index (χ2n) is 19.5. The Bertz CT molecular complexity index is 2790. The molecule has 0 unspecified atom stereocenters. The maximum absolute atomic E-state index is 6.53. The standard InChI is InChI=1S/C52H53BN2O4S2/c1-28-24-38-47(58-22-12-20-56-38)30(3)45(28)54-36-14-11-15-37-44(36)53(42-34-26-32(51(5,6)7)16-18-40(34)60-49(42)54)43-35-27-33(52(8,9)10)17-19-41(35)61-50(43)55(37)46-29(2)25-39-48(31(46)4)59-23-13-21-57-39/h11,14-19,24-27H,12-13,20-23H2,1-10H3. The molecule has 6 nitrogen and oxygen atoms in total. The molecule has 0 fully saturated rings. The van der Waals surface area contributed by atoms with Crippen molar-refractivity contribution < 1.29 is 18.9 Å². The van der Waals surface area contributed by atoms with Crippen molar-refractivity contribution in [2.24, 2.45) is 0 Å². The van der Waals surface area contributed by atoms with Crippen molar-refractivity contribution in [2.45, 2.75) is 92.9 Å². The van der Waals surface area contributed by atoms with E-state index in [0.29, 0.717) is 26.4 Å². The van der Waals surface area contributed by atoms with Gasteiger partial charge in [-0.2, -0.15) is 0 Å². The Labute approximate surface area is 368 Å². The molecule has 310 valence electrons. The molecule has 5 aromatic carbocycles. The first-order valence-electron chi connectivity index (χ1n) is 21.9. The zero-order chi connectivity index (χ0) is 42.3. The molecule has 0 N–H and O–H groups in total. The highest BCUT2D eigenvalue weighted by molar-refractivity contribution is 7.29. The van der Waals surface area contributed by atoms with Gasteiger partial charge in [0.15, 0.2) is 23.0 Å². The van der Waals surface area contributed by atoms with Gasteiger partial charge in [-0.15, -0.1) is 22.7 Å². The van der Waals surface area contributed by atoms with E-state index in [2.05, 4.69) is 146 Å². The molecule has 0 amide bonds. The lowest BCUT2D eigenvalue weighted by molar-refractivity contribution is 0.296. The Morgan fingerprint density at radius 3 is 1.38 bits per heavy atom. The van der Waals surface area contributed by atoms with E-state index in [1.165, 1.54) is 69.1 Å². The van der Waals surface area contributed by atoms with E-state index in [4.69, 9.17) is 18.9 Å². The van der Waals surface area contributed by atoms with Crippen LogP contribution in [0.4, 0.5) is 32.8 Å². The van der Waals surface area contributed by atoms with Crippen LogP contribution in [0.3, 0.4) is 0 Å². The van der Waals surface area contributed by atoms with Crippen LogP contribution in [0, 0.1) is 27.7 Å². The fourth-order valence-electron chi connectivity index (χ4n) is 10.3. The van der Waals surface area contributed by atoms with Crippen molar-refractivity contribution in [3.8, 4) is 23.0 Å². The van der Waals surface area contributed by atoms with E-state index < -0.39 is 0 Å². The molecule has 6 heterocycles. The minimum absolute atomic E-state index is 0.0146. The molecular formula is C52H53BN2O4S2. The summed E-state index contributed by atoms with van der Waals surface area (Å²) in [5.74, 6) is 3.37. The van der Waals surface area contributed by atoms with Crippen molar-refractivity contribution in [1.82, 2.24) is 0 Å². The van der Waals surface area contributed by atoms with Gasteiger partial charge >= 0.3 is 0 Å². The van der Waals surface area contributed by atoms with E-state index in [0.717, 1.165) is 69.5 Å². The average Bonchev–Trinajstić information content (AvgIpc) is 3.56. The van der Waals surface area contributed by atoms with Crippen LogP contribution in [0.25, 0.3) is 20.2 Å². The van der Waals surface area contributed by atoms with E-state index in [9.17, 15) is 0 Å². The molecular weight excluding hydrogens is 792 g/mol. The molecule has 0 saturated carbocycles. The number of rotatable bonds is 2. The first-order chi connectivity index (χ1) is 29.2. The summed E-state index contributed by atoms with van der Waals surface area (Å²) in [6.07, 6.45) is 1.72. The number of thiophene rings is 2. The van der Waals surface area contributed by atoms with Gasteiger partial charge in [0, 0.05) is 44.7 Å². The maximum Gasteiger partial charge on any atom is 0.256 e. The predicted octanol–water partition coefficient (Wildman–Crippen LogP) is 12.3. The molecule has 0 aliphatic carbocycles. The van der Waals surface area contributed by atoms with Crippen molar-refractivity contribution in [1.29, 1.82) is 0 Å². The van der Waals surface area contributed by atoms with Gasteiger partial charge in [0.2, 0.25) is 0 Å². The largest absolute Gasteiger partial charge is 0.490 e. The molecule has 9 heteroatoms. The topological polar surface area (TPSA) is 43.4 Å². The summed E-state index contributed by atoms with van der Waals surface area (Å²) in [6, 6.07) is 25.8. The third-order valence-corrected chi connectivity index (χ3v) is 15.6. The monoisotopic (exact) mass is 844 g/mol. The van der Waals surface area contributed by atoms with E-state index >= 15 is 0 Å². The molecule has 61 heavy (non-hydrogen) atoms. The number of hydrogen-bond acceptors (Lipinski definition) is 8. The molecule has 0 radical (unpaired) electrons. The number of fused-ring (bicyclic) bond motifs is 10. The number of anilines is 6. The van der Waals surface area contributed by atoms with Crippen molar-refractivity contribution in [3.05, 3.63) is 100 Å². The third kappa shape index (κ3) is 5.79. The Kier molecular flexibility index (Phi) is 8.70. The van der Waals surface area contributed by atoms with Crippen LogP contribution in [0.1, 0.15) is 87.8 Å². The summed E-state index contributed by atoms with van der Waals surface area (Å²) in [7, 11) is 0. The van der Waals surface area contributed by atoms with Gasteiger partial charge < -0.3 is 28.7 Å². The summed E-state index contributed by atoms with van der Waals surface area (Å²) in [5.41, 5.74) is 16.0. The summed E-state index contributed by atoms with van der Waals surface area (Å²) < 4.78 is 28.3. The predicted molar refractivity (Wildman–Crippen MR) is 259 cm³/mol. The average molecular weight is 845 g/mol. The van der Waals surface area contributed by atoms with E-state index in [1.54, 1.807) is 0 Å². The Morgan fingerprint density at radius 2 is 0.951 bits per heavy atom. The molecule has 0 atom stereocenters. The number of nitrogens with zero attached hydrogens (tertiary/aromatic N) is 2. The Balaban J connectivity index is 1.29. The second-order valence-corrected chi connectivity index (χ2v) is 21.5. The fourth-order valence-corrected chi connectivity index (χ4v) is 12.8. The van der Waals surface area contributed by atoms with Crippen LogP contribution in [-0.2, 0) is 10.8 Å². The first-order valence-corrected chi connectivity index (χ1v) is 23.5. The van der Waals surface area contributed by atoms with Gasteiger partial charge in [-0.1, -0.05) is 71.9 Å². The smallest absolute Gasteiger partial charge is 0.256 e. The van der Waals surface area contributed by atoms with Gasteiger partial charge in [0.1, 0.15) is 0 Å². The Hall–Kier alpha value is -5.12. The zero-order valence-electron chi connectivity index (χ0n) is 37.0. The minimum atomic E-state index is -0.0151. The number of hydrogen-bond donors (Lipinski definition) is 0. The van der Waals surface area contributed by atoms with Gasteiger partial charge in [-0.3, -0.25) is 0 Å². The quantitative estimate of drug-likeness (QED) is 0.162. The summed E-state index contributed by atoms with van der Waals surface area (Å²) >= 11 is 3.83. The first kappa shape index (κ1) is 38.8. The molecule has 2 aromatic heterocycles. The van der Waals surface area contributed by atoms with Crippen molar-refractivity contribution in [2.75, 3.05) is 36.2 Å². The summed E-state index contributed by atoms with van der Waals surface area (Å²) in [4.78, 5) is 5.16. The molecule has 4 aliphatic rings. The highest BCUT2D eigenvalue weighted by atomic mass is 32.1. The van der Waals surface area contributed by atoms with Gasteiger partial charge in [0.05, 0.1) is 47.8 Å². The van der Waals surface area contributed by atoms with Gasteiger partial charge in [-0.05, 0) is 124 Å². The van der Waals surface area contributed by atoms with Crippen LogP contribution < -0.4 is 45.1 Å². The number of benzene rings is 5. The zero-order valence-corrected chi connectivity index (χ0v) is 38.6. The second kappa shape index (κ2) is 13.7. The van der Waals surface area contributed by atoms with E-state index in [-0.39, 0.29) is 17.5 Å².